The van der Waals surface area contributed by atoms with Crippen molar-refractivity contribution in [2.24, 2.45) is 0 Å². The fraction of sp³-hybridized carbons (Fsp3) is 0.304. The standard InChI is InChI=1S/C23H25N3O2/c1-3-16-5-7-18(8-6-16)26-22(27)13-21(23(26)28)24-11-10-17-14-25-20-9-4-15(2)12-19(17)20/h4-9,12,14,21,24-25H,3,10-11,13H2,1-2H3/p+1/t21-/m1/s1. The molecule has 0 aliphatic carbocycles. The van der Waals surface area contributed by atoms with Crippen molar-refractivity contribution >= 4 is 28.4 Å². The first kappa shape index (κ1) is 18.4. The molecule has 0 bridgehead atoms. The minimum Gasteiger partial charge on any atom is -0.361 e. The van der Waals surface area contributed by atoms with Crippen molar-refractivity contribution in [2.45, 2.75) is 39.2 Å². The van der Waals surface area contributed by atoms with Gasteiger partial charge in [-0.25, -0.2) is 4.90 Å². The summed E-state index contributed by atoms with van der Waals surface area (Å²) in [7, 11) is 0. The van der Waals surface area contributed by atoms with E-state index in [-0.39, 0.29) is 24.3 Å². The SMILES string of the molecule is CCc1ccc(N2C(=O)C[C@@H]([NH2+]CCc3c[nH]c4ccc(C)cc34)C2=O)cc1. The van der Waals surface area contributed by atoms with Gasteiger partial charge in [-0.2, -0.15) is 0 Å². The van der Waals surface area contributed by atoms with Crippen LogP contribution in [0, 0.1) is 6.92 Å². The molecule has 3 N–H and O–H groups in total. The first-order valence-corrected chi connectivity index (χ1v) is 9.92. The Kier molecular flexibility index (Phi) is 5.01. The summed E-state index contributed by atoms with van der Waals surface area (Å²) in [6, 6.07) is 13.7. The monoisotopic (exact) mass is 376 g/mol. The van der Waals surface area contributed by atoms with Gasteiger partial charge in [0.25, 0.3) is 5.91 Å². The Hall–Kier alpha value is -2.92. The number of carbonyl (C=O) groups is 2. The van der Waals surface area contributed by atoms with Crippen molar-refractivity contribution in [3.05, 3.63) is 65.4 Å². The molecule has 144 valence electrons. The minimum atomic E-state index is -0.328. The van der Waals surface area contributed by atoms with Gasteiger partial charge in [0.05, 0.1) is 18.7 Å². The van der Waals surface area contributed by atoms with Crippen LogP contribution in [0.25, 0.3) is 10.9 Å². The van der Waals surface area contributed by atoms with Crippen LogP contribution in [0.4, 0.5) is 5.69 Å². The molecule has 1 atom stereocenters. The number of fused-ring (bicyclic) bond motifs is 1. The summed E-state index contributed by atoms with van der Waals surface area (Å²) in [6.45, 7) is 4.95. The number of quaternary nitrogens is 1. The molecule has 2 aromatic carbocycles. The van der Waals surface area contributed by atoms with Crippen molar-refractivity contribution in [1.29, 1.82) is 0 Å². The zero-order valence-electron chi connectivity index (χ0n) is 16.4. The van der Waals surface area contributed by atoms with E-state index in [4.69, 9.17) is 0 Å². The second-order valence-electron chi connectivity index (χ2n) is 7.54. The fourth-order valence-electron chi connectivity index (χ4n) is 3.93. The lowest BCUT2D eigenvalue weighted by Gasteiger charge is -2.14. The lowest BCUT2D eigenvalue weighted by atomic mass is 10.1. The number of anilines is 1. The third-order valence-electron chi connectivity index (χ3n) is 5.57. The number of aryl methyl sites for hydroxylation is 2. The average Bonchev–Trinajstić information content (AvgIpc) is 3.22. The Morgan fingerprint density at radius 2 is 1.93 bits per heavy atom. The van der Waals surface area contributed by atoms with Crippen LogP contribution in [0.3, 0.4) is 0 Å². The minimum absolute atomic E-state index is 0.107. The largest absolute Gasteiger partial charge is 0.361 e. The van der Waals surface area contributed by atoms with E-state index in [2.05, 4.69) is 37.0 Å². The Morgan fingerprint density at radius 1 is 1.14 bits per heavy atom. The average molecular weight is 376 g/mol. The third kappa shape index (κ3) is 3.45. The van der Waals surface area contributed by atoms with Crippen molar-refractivity contribution in [2.75, 3.05) is 11.4 Å². The van der Waals surface area contributed by atoms with Crippen LogP contribution in [0.5, 0.6) is 0 Å². The zero-order valence-corrected chi connectivity index (χ0v) is 16.4. The number of carbonyl (C=O) groups excluding carboxylic acids is 2. The van der Waals surface area contributed by atoms with Gasteiger partial charge in [-0.15, -0.1) is 0 Å². The van der Waals surface area contributed by atoms with E-state index in [9.17, 15) is 9.59 Å². The van der Waals surface area contributed by atoms with Crippen LogP contribution in [0.1, 0.15) is 30.0 Å². The molecule has 0 unspecified atom stereocenters. The van der Waals surface area contributed by atoms with Crippen LogP contribution in [-0.2, 0) is 22.4 Å². The molecule has 1 aliphatic rings. The highest BCUT2D eigenvalue weighted by molar-refractivity contribution is 6.21. The van der Waals surface area contributed by atoms with Gasteiger partial charge in [0, 0.05) is 23.5 Å². The first-order valence-electron chi connectivity index (χ1n) is 9.92. The first-order chi connectivity index (χ1) is 13.6. The van der Waals surface area contributed by atoms with Crippen LogP contribution in [-0.4, -0.2) is 29.4 Å². The molecule has 1 aromatic heterocycles. The smallest absolute Gasteiger partial charge is 0.292 e. The second-order valence-corrected chi connectivity index (χ2v) is 7.54. The number of imide groups is 1. The molecule has 28 heavy (non-hydrogen) atoms. The number of aromatic nitrogens is 1. The van der Waals surface area contributed by atoms with E-state index < -0.39 is 0 Å². The third-order valence-corrected chi connectivity index (χ3v) is 5.57. The summed E-state index contributed by atoms with van der Waals surface area (Å²) in [4.78, 5) is 29.9. The van der Waals surface area contributed by atoms with Gasteiger partial charge in [0.2, 0.25) is 5.91 Å². The molecule has 2 amide bonds. The zero-order chi connectivity index (χ0) is 19.7. The van der Waals surface area contributed by atoms with Crippen LogP contribution >= 0.6 is 0 Å². The Morgan fingerprint density at radius 3 is 2.68 bits per heavy atom. The Bertz CT molecular complexity index is 1020. The van der Waals surface area contributed by atoms with Gasteiger partial charge in [-0.3, -0.25) is 9.59 Å². The molecule has 1 aliphatic heterocycles. The van der Waals surface area contributed by atoms with Gasteiger partial charge >= 0.3 is 0 Å². The van der Waals surface area contributed by atoms with Gasteiger partial charge in [0.15, 0.2) is 6.04 Å². The lowest BCUT2D eigenvalue weighted by Crippen LogP contribution is -2.92. The number of nitrogens with zero attached hydrogens (tertiary/aromatic N) is 1. The molecule has 3 aromatic rings. The Labute approximate surface area is 164 Å². The van der Waals surface area contributed by atoms with Gasteiger partial charge in [-0.1, -0.05) is 30.7 Å². The summed E-state index contributed by atoms with van der Waals surface area (Å²) in [5, 5.41) is 3.25. The highest BCUT2D eigenvalue weighted by Gasteiger charge is 2.42. The van der Waals surface area contributed by atoms with Gasteiger partial charge in [-0.05, 0) is 48.7 Å². The number of benzene rings is 2. The Balaban J connectivity index is 1.40. The molecule has 5 nitrogen and oxygen atoms in total. The molecule has 2 heterocycles. The van der Waals surface area contributed by atoms with Crippen LogP contribution in [0.15, 0.2) is 48.7 Å². The van der Waals surface area contributed by atoms with E-state index in [1.54, 1.807) is 0 Å². The normalized spacial score (nSPS) is 17.1. The fourth-order valence-corrected chi connectivity index (χ4v) is 3.93. The van der Waals surface area contributed by atoms with Crippen molar-refractivity contribution < 1.29 is 14.9 Å². The maximum Gasteiger partial charge on any atom is 0.292 e. The highest BCUT2D eigenvalue weighted by Crippen LogP contribution is 2.23. The highest BCUT2D eigenvalue weighted by atomic mass is 16.2. The van der Waals surface area contributed by atoms with Gasteiger partial charge < -0.3 is 10.3 Å². The summed E-state index contributed by atoms with van der Waals surface area (Å²) in [5.41, 5.74) is 5.49. The van der Waals surface area contributed by atoms with Gasteiger partial charge in [0.1, 0.15) is 0 Å². The number of amides is 2. The van der Waals surface area contributed by atoms with E-state index in [0.29, 0.717) is 5.69 Å². The summed E-state index contributed by atoms with van der Waals surface area (Å²) < 4.78 is 0. The molecule has 0 saturated carbocycles. The number of aromatic amines is 1. The number of nitrogens with one attached hydrogen (secondary N) is 1. The summed E-state index contributed by atoms with van der Waals surface area (Å²) in [6.07, 6.45) is 4.10. The summed E-state index contributed by atoms with van der Waals surface area (Å²) >= 11 is 0. The summed E-state index contributed by atoms with van der Waals surface area (Å²) in [5.74, 6) is -0.220. The van der Waals surface area contributed by atoms with Crippen molar-refractivity contribution in [3.8, 4) is 0 Å². The quantitative estimate of drug-likeness (QED) is 0.649. The van der Waals surface area contributed by atoms with Crippen LogP contribution in [0.2, 0.25) is 0 Å². The molecule has 1 saturated heterocycles. The molecule has 1 fully saturated rings. The van der Waals surface area contributed by atoms with E-state index in [0.717, 1.165) is 24.9 Å². The molecular weight excluding hydrogens is 350 g/mol. The number of rotatable bonds is 6. The number of H-pyrrole nitrogens is 1. The lowest BCUT2D eigenvalue weighted by molar-refractivity contribution is -0.674. The van der Waals surface area contributed by atoms with E-state index in [1.165, 1.54) is 27.0 Å². The predicted octanol–water partition coefficient (Wildman–Crippen LogP) is 2.48. The van der Waals surface area contributed by atoms with E-state index in [1.807, 2.05) is 35.8 Å². The maximum absolute atomic E-state index is 12.8. The number of hydrogen-bond donors (Lipinski definition) is 2. The van der Waals surface area contributed by atoms with Crippen LogP contribution < -0.4 is 10.2 Å². The molecule has 0 radical (unpaired) electrons. The molecule has 0 spiro atoms. The number of hydrogen-bond acceptors (Lipinski definition) is 2. The van der Waals surface area contributed by atoms with Crippen molar-refractivity contribution in [3.63, 3.8) is 0 Å². The second kappa shape index (κ2) is 7.60. The molecule has 4 rings (SSSR count). The maximum atomic E-state index is 12.8. The molecular formula is C23H26N3O2+. The molecule has 5 heteroatoms. The topological polar surface area (TPSA) is 69.8 Å². The predicted molar refractivity (Wildman–Crippen MR) is 110 cm³/mol. The van der Waals surface area contributed by atoms with Crippen molar-refractivity contribution in [1.82, 2.24) is 4.98 Å². The van der Waals surface area contributed by atoms with E-state index >= 15 is 0 Å². The number of nitrogens with two attached hydrogens (primary N) is 1.